The Morgan fingerprint density at radius 1 is 0.595 bits per heavy atom. The maximum absolute atomic E-state index is 6.70. The van der Waals surface area contributed by atoms with Gasteiger partial charge in [0.2, 0.25) is 0 Å². The summed E-state index contributed by atoms with van der Waals surface area (Å²) >= 11 is 0. The van der Waals surface area contributed by atoms with Crippen molar-refractivity contribution in [1.82, 2.24) is 5.06 Å². The first-order valence-corrected chi connectivity index (χ1v) is 14.6. The minimum atomic E-state index is -0.451. The molecule has 2 heterocycles. The molecule has 0 aromatic heterocycles. The van der Waals surface area contributed by atoms with Crippen molar-refractivity contribution in [1.29, 1.82) is 0 Å². The largest absolute Gasteiger partial charge is 0.492 e. The summed E-state index contributed by atoms with van der Waals surface area (Å²) < 4.78 is 26.1. The van der Waals surface area contributed by atoms with Crippen LogP contribution in [0.25, 0.3) is 0 Å². The Morgan fingerprint density at radius 3 is 1.67 bits per heavy atom. The molecule has 1 saturated heterocycles. The lowest BCUT2D eigenvalue weighted by Gasteiger charge is -2.34. The quantitative estimate of drug-likeness (QED) is 0.181. The second kappa shape index (κ2) is 14.4. The Balaban J connectivity index is 1.26. The smallest absolute Gasteiger partial charge is 0.160 e. The van der Waals surface area contributed by atoms with Crippen molar-refractivity contribution in [3.8, 4) is 0 Å². The van der Waals surface area contributed by atoms with Gasteiger partial charge in [0.15, 0.2) is 6.23 Å². The molecule has 0 spiro atoms. The fraction of sp³-hybridized carbons (Fsp3) is 0.278. The number of hydroxylamine groups is 2. The molecule has 2 aliphatic rings. The van der Waals surface area contributed by atoms with Crippen molar-refractivity contribution in [2.24, 2.45) is 5.92 Å². The van der Waals surface area contributed by atoms with Gasteiger partial charge in [0.05, 0.1) is 33.0 Å². The Kier molecular flexibility index (Phi) is 9.72. The third-order valence-corrected chi connectivity index (χ3v) is 7.65. The zero-order chi connectivity index (χ0) is 28.4. The van der Waals surface area contributed by atoms with E-state index in [1.54, 1.807) is 0 Å². The van der Waals surface area contributed by atoms with Crippen molar-refractivity contribution in [3.05, 3.63) is 155 Å². The van der Waals surface area contributed by atoms with Crippen LogP contribution < -0.4 is 0 Å². The van der Waals surface area contributed by atoms with E-state index in [0.29, 0.717) is 39.6 Å². The minimum Gasteiger partial charge on any atom is -0.492 e. The molecule has 0 amide bonds. The number of hydrogen-bond donors (Lipinski definition) is 0. The molecule has 6 nitrogen and oxygen atoms in total. The van der Waals surface area contributed by atoms with E-state index in [4.69, 9.17) is 23.8 Å². The van der Waals surface area contributed by atoms with Gasteiger partial charge in [0.25, 0.3) is 0 Å². The summed E-state index contributed by atoms with van der Waals surface area (Å²) in [6, 6.07) is 40.6. The molecular weight excluding hydrogens is 526 g/mol. The standard InChI is InChI=1S/C36H37NO5/c1-5-13-28(14-6-1)23-38-27-32-34-33(39-24-29-15-7-2-8-16-29)21-22-42-37(34)36(41-26-31-19-11-4-12-20-31)35(32)40-25-30-17-9-3-10-18-30/h1-21,32,34-36H,22-27H2/t32-,34?,35+,36-/m0/s1. The van der Waals surface area contributed by atoms with Gasteiger partial charge in [0.1, 0.15) is 24.5 Å². The van der Waals surface area contributed by atoms with Gasteiger partial charge in [-0.2, -0.15) is 0 Å². The number of ether oxygens (including phenoxy) is 4. The molecule has 6 heteroatoms. The molecule has 4 aromatic rings. The fourth-order valence-corrected chi connectivity index (χ4v) is 5.55. The number of hydrogen-bond acceptors (Lipinski definition) is 6. The SMILES string of the molecule is C1=C(OCc2ccccc2)C2[C@H](COCc3ccccc3)[C@@H](OCc3ccccc3)[C@H](OCc3ccccc3)N2OC1. The van der Waals surface area contributed by atoms with Crippen molar-refractivity contribution in [3.63, 3.8) is 0 Å². The maximum Gasteiger partial charge on any atom is 0.160 e. The first kappa shape index (κ1) is 28.3. The lowest BCUT2D eigenvalue weighted by molar-refractivity contribution is -0.270. The molecule has 0 bridgehead atoms. The lowest BCUT2D eigenvalue weighted by Crippen LogP contribution is -2.44. The Morgan fingerprint density at radius 2 is 1.10 bits per heavy atom. The monoisotopic (exact) mass is 563 g/mol. The van der Waals surface area contributed by atoms with Crippen LogP contribution in [0, 0.1) is 5.92 Å². The zero-order valence-electron chi connectivity index (χ0n) is 23.7. The molecular formula is C36H37NO5. The number of nitrogens with zero attached hydrogens (tertiary/aromatic N) is 1. The van der Waals surface area contributed by atoms with E-state index in [9.17, 15) is 0 Å². The van der Waals surface area contributed by atoms with E-state index in [0.717, 1.165) is 28.0 Å². The average molecular weight is 564 g/mol. The van der Waals surface area contributed by atoms with Crippen molar-refractivity contribution >= 4 is 0 Å². The molecule has 216 valence electrons. The van der Waals surface area contributed by atoms with E-state index in [2.05, 4.69) is 48.5 Å². The summed E-state index contributed by atoms with van der Waals surface area (Å²) in [7, 11) is 0. The average Bonchev–Trinajstić information content (AvgIpc) is 3.36. The second-order valence-electron chi connectivity index (χ2n) is 10.6. The van der Waals surface area contributed by atoms with Gasteiger partial charge in [-0.05, 0) is 28.3 Å². The summed E-state index contributed by atoms with van der Waals surface area (Å²) in [4.78, 5) is 6.28. The summed E-state index contributed by atoms with van der Waals surface area (Å²) in [6.45, 7) is 2.72. The highest BCUT2D eigenvalue weighted by atomic mass is 16.7. The predicted octanol–water partition coefficient (Wildman–Crippen LogP) is 6.68. The minimum absolute atomic E-state index is 0.0967. The molecule has 6 rings (SSSR count). The first-order chi connectivity index (χ1) is 20.8. The van der Waals surface area contributed by atoms with Crippen molar-refractivity contribution < 1.29 is 23.8 Å². The van der Waals surface area contributed by atoms with Crippen LogP contribution in [0.2, 0.25) is 0 Å². The van der Waals surface area contributed by atoms with Crippen LogP contribution in [0.5, 0.6) is 0 Å². The highest BCUT2D eigenvalue weighted by molar-refractivity contribution is 5.19. The van der Waals surface area contributed by atoms with Crippen LogP contribution in [0.15, 0.2) is 133 Å². The molecule has 1 fully saturated rings. The van der Waals surface area contributed by atoms with E-state index in [1.807, 2.05) is 83.9 Å². The van der Waals surface area contributed by atoms with Gasteiger partial charge in [-0.1, -0.05) is 121 Å². The second-order valence-corrected chi connectivity index (χ2v) is 10.6. The van der Waals surface area contributed by atoms with Gasteiger partial charge >= 0.3 is 0 Å². The summed E-state index contributed by atoms with van der Waals surface area (Å²) in [6.07, 6.45) is 1.26. The van der Waals surface area contributed by atoms with Crippen molar-refractivity contribution in [2.75, 3.05) is 13.2 Å². The molecule has 42 heavy (non-hydrogen) atoms. The Labute approximate surface area is 248 Å². The molecule has 0 saturated carbocycles. The molecule has 4 aromatic carbocycles. The van der Waals surface area contributed by atoms with Crippen molar-refractivity contribution in [2.45, 2.75) is 44.8 Å². The lowest BCUT2D eigenvalue weighted by atomic mass is 9.96. The molecule has 1 unspecified atom stereocenters. The van der Waals surface area contributed by atoms with Crippen LogP contribution in [-0.4, -0.2) is 36.7 Å². The summed E-state index contributed by atoms with van der Waals surface area (Å²) in [5.41, 5.74) is 4.43. The summed E-state index contributed by atoms with van der Waals surface area (Å²) in [5, 5.41) is 1.94. The highest BCUT2D eigenvalue weighted by Gasteiger charge is 2.55. The number of rotatable bonds is 13. The molecule has 0 aliphatic carbocycles. The van der Waals surface area contributed by atoms with Gasteiger partial charge in [-0.25, -0.2) is 0 Å². The van der Waals surface area contributed by atoms with Gasteiger partial charge in [-0.15, -0.1) is 5.06 Å². The van der Waals surface area contributed by atoms with E-state index < -0.39 is 6.23 Å². The van der Waals surface area contributed by atoms with E-state index in [1.165, 1.54) is 0 Å². The van der Waals surface area contributed by atoms with Crippen LogP contribution in [0.3, 0.4) is 0 Å². The third-order valence-electron chi connectivity index (χ3n) is 7.65. The van der Waals surface area contributed by atoms with Gasteiger partial charge in [0, 0.05) is 5.92 Å². The van der Waals surface area contributed by atoms with Gasteiger partial charge < -0.3 is 18.9 Å². The Hall–Kier alpha value is -3.78. The van der Waals surface area contributed by atoms with Crippen LogP contribution in [0.4, 0.5) is 0 Å². The topological polar surface area (TPSA) is 49.4 Å². The van der Waals surface area contributed by atoms with Crippen LogP contribution in [0.1, 0.15) is 22.3 Å². The van der Waals surface area contributed by atoms with E-state index in [-0.39, 0.29) is 18.1 Å². The third kappa shape index (κ3) is 7.16. The van der Waals surface area contributed by atoms with Crippen LogP contribution >= 0.6 is 0 Å². The predicted molar refractivity (Wildman–Crippen MR) is 161 cm³/mol. The maximum atomic E-state index is 6.70. The molecule has 4 atom stereocenters. The molecule has 0 radical (unpaired) electrons. The summed E-state index contributed by atoms with van der Waals surface area (Å²) in [5.74, 6) is 0.762. The fourth-order valence-electron chi connectivity index (χ4n) is 5.55. The highest BCUT2D eigenvalue weighted by Crippen LogP contribution is 2.41. The molecule has 2 aliphatic heterocycles. The number of benzene rings is 4. The van der Waals surface area contributed by atoms with Crippen LogP contribution in [-0.2, 0) is 50.2 Å². The van der Waals surface area contributed by atoms with Gasteiger partial charge in [-0.3, -0.25) is 4.84 Å². The Bertz CT molecular complexity index is 1380. The zero-order valence-corrected chi connectivity index (χ0v) is 23.7. The normalized spacial score (nSPS) is 22.0. The number of fused-ring (bicyclic) bond motifs is 1. The molecule has 0 N–H and O–H groups in total. The van der Waals surface area contributed by atoms with E-state index >= 15 is 0 Å². The first-order valence-electron chi connectivity index (χ1n) is 14.6.